The monoisotopic (exact) mass is 295 g/mol. The molecule has 20 heavy (non-hydrogen) atoms. The van der Waals surface area contributed by atoms with Gasteiger partial charge >= 0.3 is 0 Å². The molecule has 0 bridgehead atoms. The van der Waals surface area contributed by atoms with Crippen molar-refractivity contribution < 1.29 is 4.79 Å². The van der Waals surface area contributed by atoms with Crippen LogP contribution in [0.25, 0.3) is 0 Å². The Morgan fingerprint density at radius 1 is 1.55 bits per heavy atom. The first kappa shape index (κ1) is 15.4. The number of aromatic nitrogens is 1. The molecule has 1 aromatic rings. The minimum absolute atomic E-state index is 0.0249. The molecular weight excluding hydrogens is 270 g/mol. The van der Waals surface area contributed by atoms with Crippen LogP contribution in [0.2, 0.25) is 0 Å². The van der Waals surface area contributed by atoms with E-state index in [9.17, 15) is 4.79 Å². The molecule has 0 unspecified atom stereocenters. The van der Waals surface area contributed by atoms with Crippen LogP contribution in [0.3, 0.4) is 0 Å². The van der Waals surface area contributed by atoms with E-state index >= 15 is 0 Å². The maximum absolute atomic E-state index is 12.4. The minimum Gasteiger partial charge on any atom is -0.301 e. The highest BCUT2D eigenvalue weighted by Crippen LogP contribution is 2.27. The van der Waals surface area contributed by atoms with Gasteiger partial charge in [0, 0.05) is 10.8 Å². The molecule has 0 spiro atoms. The fraction of sp³-hybridized carbons (Fsp3) is 0.733. The van der Waals surface area contributed by atoms with Gasteiger partial charge in [-0.25, -0.2) is 4.98 Å². The number of nitrogens with zero attached hydrogens (tertiary/aromatic N) is 2. The minimum atomic E-state index is 0.0249. The van der Waals surface area contributed by atoms with E-state index in [4.69, 9.17) is 0 Å². The van der Waals surface area contributed by atoms with Gasteiger partial charge in [0.05, 0.1) is 11.7 Å². The number of carbonyl (C=O) groups is 1. The van der Waals surface area contributed by atoms with Crippen LogP contribution in [-0.2, 0) is 10.2 Å². The highest BCUT2D eigenvalue weighted by Gasteiger charge is 2.30. The fourth-order valence-electron chi connectivity index (χ4n) is 2.54. The van der Waals surface area contributed by atoms with Crippen molar-refractivity contribution in [3.8, 4) is 0 Å². The Labute approximate surface area is 125 Å². The number of anilines is 1. The van der Waals surface area contributed by atoms with Crippen LogP contribution >= 0.6 is 11.3 Å². The number of nitrogens with one attached hydrogen (secondary N) is 1. The van der Waals surface area contributed by atoms with Crippen LogP contribution in [-0.4, -0.2) is 34.9 Å². The van der Waals surface area contributed by atoms with Crippen LogP contribution in [0, 0.1) is 0 Å². The second kappa shape index (κ2) is 6.22. The van der Waals surface area contributed by atoms with Crippen LogP contribution in [0.15, 0.2) is 5.38 Å². The zero-order valence-electron chi connectivity index (χ0n) is 12.9. The highest BCUT2D eigenvalue weighted by molar-refractivity contribution is 7.14. The maximum atomic E-state index is 12.4. The third kappa shape index (κ3) is 3.58. The fourth-order valence-corrected chi connectivity index (χ4v) is 3.48. The van der Waals surface area contributed by atoms with Crippen LogP contribution in [0.4, 0.5) is 5.13 Å². The van der Waals surface area contributed by atoms with Gasteiger partial charge < -0.3 is 5.32 Å². The van der Waals surface area contributed by atoms with Gasteiger partial charge in [-0.15, -0.1) is 11.3 Å². The topological polar surface area (TPSA) is 45.2 Å². The maximum Gasteiger partial charge on any atom is 0.243 e. The Balaban J connectivity index is 1.99. The van der Waals surface area contributed by atoms with Gasteiger partial charge in [-0.05, 0) is 32.4 Å². The second-order valence-electron chi connectivity index (χ2n) is 6.47. The summed E-state index contributed by atoms with van der Waals surface area (Å²) >= 11 is 1.52. The van der Waals surface area contributed by atoms with Crippen molar-refractivity contribution in [3.05, 3.63) is 11.1 Å². The standard InChI is InChI=1S/C15H25N3OS/c1-5-8-18-9-6-7-11(18)13(19)17-14-16-12(10-20-14)15(2,3)4/h10-11H,5-9H2,1-4H3,(H,16,17,19)/t11-/m0/s1. The summed E-state index contributed by atoms with van der Waals surface area (Å²) in [5.41, 5.74) is 1.07. The number of amides is 1. The van der Waals surface area contributed by atoms with Crippen molar-refractivity contribution in [2.75, 3.05) is 18.4 Å². The molecule has 1 saturated heterocycles. The summed E-state index contributed by atoms with van der Waals surface area (Å²) in [5, 5.41) is 5.75. The molecule has 1 aromatic heterocycles. The van der Waals surface area contributed by atoms with Crippen molar-refractivity contribution in [3.63, 3.8) is 0 Å². The van der Waals surface area contributed by atoms with Crippen molar-refractivity contribution in [2.24, 2.45) is 0 Å². The van der Waals surface area contributed by atoms with Crippen molar-refractivity contribution >= 4 is 22.4 Å². The van der Waals surface area contributed by atoms with Crippen LogP contribution in [0.1, 0.15) is 52.7 Å². The first-order chi connectivity index (χ1) is 9.41. The van der Waals surface area contributed by atoms with Gasteiger partial charge in [-0.2, -0.15) is 0 Å². The Morgan fingerprint density at radius 3 is 2.90 bits per heavy atom. The van der Waals surface area contributed by atoms with Gasteiger partial charge in [0.1, 0.15) is 0 Å². The number of carbonyl (C=O) groups excluding carboxylic acids is 1. The molecule has 1 amide bonds. The average molecular weight is 295 g/mol. The van der Waals surface area contributed by atoms with E-state index < -0.39 is 0 Å². The Morgan fingerprint density at radius 2 is 2.30 bits per heavy atom. The summed E-state index contributed by atoms with van der Waals surface area (Å²) in [4.78, 5) is 19.2. The summed E-state index contributed by atoms with van der Waals surface area (Å²) in [5.74, 6) is 0.103. The molecule has 1 aliphatic heterocycles. The summed E-state index contributed by atoms with van der Waals surface area (Å²) in [6.07, 6.45) is 3.17. The van der Waals surface area contributed by atoms with E-state index in [2.05, 4.69) is 42.9 Å². The molecule has 0 radical (unpaired) electrons. The number of hydrogen-bond acceptors (Lipinski definition) is 4. The molecule has 0 aromatic carbocycles. The number of likely N-dealkylation sites (tertiary alicyclic amines) is 1. The molecule has 5 heteroatoms. The number of thiazole rings is 1. The third-order valence-corrected chi connectivity index (χ3v) is 4.44. The largest absolute Gasteiger partial charge is 0.301 e. The molecule has 1 N–H and O–H groups in total. The lowest BCUT2D eigenvalue weighted by Crippen LogP contribution is -2.39. The summed E-state index contributed by atoms with van der Waals surface area (Å²) in [6.45, 7) is 10.6. The first-order valence-corrected chi connectivity index (χ1v) is 8.30. The van der Waals surface area contributed by atoms with E-state index in [1.807, 2.05) is 5.38 Å². The van der Waals surface area contributed by atoms with Crippen molar-refractivity contribution in [1.82, 2.24) is 9.88 Å². The SMILES string of the molecule is CCCN1CCC[C@H]1C(=O)Nc1nc(C(C)(C)C)cs1. The molecule has 1 atom stereocenters. The molecule has 1 fully saturated rings. The van der Waals surface area contributed by atoms with E-state index in [0.29, 0.717) is 0 Å². The molecule has 2 rings (SSSR count). The average Bonchev–Trinajstić information content (AvgIpc) is 2.97. The Kier molecular flexibility index (Phi) is 4.81. The number of hydrogen-bond donors (Lipinski definition) is 1. The van der Waals surface area contributed by atoms with Gasteiger partial charge in [-0.3, -0.25) is 9.69 Å². The zero-order valence-corrected chi connectivity index (χ0v) is 13.7. The van der Waals surface area contributed by atoms with E-state index in [1.165, 1.54) is 11.3 Å². The van der Waals surface area contributed by atoms with Gasteiger partial charge in [0.2, 0.25) is 5.91 Å². The molecule has 0 aliphatic carbocycles. The first-order valence-electron chi connectivity index (χ1n) is 7.42. The zero-order chi connectivity index (χ0) is 14.8. The molecule has 0 saturated carbocycles. The van der Waals surface area contributed by atoms with Gasteiger partial charge in [0.15, 0.2) is 5.13 Å². The van der Waals surface area contributed by atoms with Gasteiger partial charge in [-0.1, -0.05) is 27.7 Å². The smallest absolute Gasteiger partial charge is 0.243 e. The highest BCUT2D eigenvalue weighted by atomic mass is 32.1. The Bertz CT molecular complexity index is 464. The van der Waals surface area contributed by atoms with Crippen LogP contribution < -0.4 is 5.32 Å². The Hall–Kier alpha value is -0.940. The van der Waals surface area contributed by atoms with Gasteiger partial charge in [0.25, 0.3) is 0 Å². The van der Waals surface area contributed by atoms with E-state index in [1.54, 1.807) is 0 Å². The molecule has 112 valence electrons. The lowest BCUT2D eigenvalue weighted by Gasteiger charge is -2.22. The van der Waals surface area contributed by atoms with Crippen molar-refractivity contribution in [1.29, 1.82) is 0 Å². The second-order valence-corrected chi connectivity index (χ2v) is 7.33. The summed E-state index contributed by atoms with van der Waals surface area (Å²) in [6, 6.07) is 0.0249. The van der Waals surface area contributed by atoms with E-state index in [-0.39, 0.29) is 17.4 Å². The normalized spacial score (nSPS) is 20.3. The predicted molar refractivity (Wildman–Crippen MR) is 84.3 cm³/mol. The molecule has 4 nitrogen and oxygen atoms in total. The lowest BCUT2D eigenvalue weighted by molar-refractivity contribution is -0.120. The predicted octanol–water partition coefficient (Wildman–Crippen LogP) is 3.25. The quantitative estimate of drug-likeness (QED) is 0.927. The summed E-state index contributed by atoms with van der Waals surface area (Å²) < 4.78 is 0. The van der Waals surface area contributed by atoms with Crippen molar-refractivity contribution in [2.45, 2.75) is 58.4 Å². The van der Waals surface area contributed by atoms with Crippen LogP contribution in [0.5, 0.6) is 0 Å². The number of rotatable bonds is 4. The third-order valence-electron chi connectivity index (χ3n) is 3.68. The summed E-state index contributed by atoms with van der Waals surface area (Å²) in [7, 11) is 0. The molecule has 1 aliphatic rings. The van der Waals surface area contributed by atoms with E-state index in [0.717, 1.165) is 43.2 Å². The molecular formula is C15H25N3OS. The molecule has 2 heterocycles. The lowest BCUT2D eigenvalue weighted by atomic mass is 9.93.